The summed E-state index contributed by atoms with van der Waals surface area (Å²) in [6.45, 7) is 3.90. The number of carbonyl (C=O) groups is 2. The summed E-state index contributed by atoms with van der Waals surface area (Å²) in [4.78, 5) is 27.5. The summed E-state index contributed by atoms with van der Waals surface area (Å²) in [6, 6.07) is 17.2. The van der Waals surface area contributed by atoms with Gasteiger partial charge in [0.05, 0.1) is 5.56 Å². The van der Waals surface area contributed by atoms with Crippen LogP contribution in [-0.4, -0.2) is 61.3 Å². The maximum Gasteiger partial charge on any atom is 0.260 e. The van der Waals surface area contributed by atoms with Crippen LogP contribution in [-0.2, 0) is 4.79 Å². The van der Waals surface area contributed by atoms with Crippen molar-refractivity contribution in [3.05, 3.63) is 71.8 Å². The predicted molar refractivity (Wildman–Crippen MR) is 106 cm³/mol. The van der Waals surface area contributed by atoms with E-state index < -0.39 is 0 Å². The molecule has 1 aliphatic rings. The lowest BCUT2D eigenvalue weighted by Crippen LogP contribution is -2.49. The quantitative estimate of drug-likeness (QED) is 0.709. The lowest BCUT2D eigenvalue weighted by molar-refractivity contribution is -0.135. The molecule has 0 N–H and O–H groups in total. The summed E-state index contributed by atoms with van der Waals surface area (Å²) in [5.41, 5.74) is 1.65. The summed E-state index contributed by atoms with van der Waals surface area (Å²) in [5.74, 6) is 0.403. The Morgan fingerprint density at radius 2 is 1.67 bits per heavy atom. The normalized spacial score (nSPS) is 15.0. The van der Waals surface area contributed by atoms with Crippen molar-refractivity contribution in [3.8, 4) is 5.75 Å². The van der Waals surface area contributed by atoms with Gasteiger partial charge < -0.3 is 9.64 Å². The molecule has 0 unspecified atom stereocenters. The second kappa shape index (κ2) is 9.69. The van der Waals surface area contributed by atoms with Crippen LogP contribution in [0, 0.1) is 0 Å². The minimum Gasteiger partial charge on any atom is -0.483 e. The Morgan fingerprint density at radius 1 is 0.963 bits per heavy atom. The Kier molecular flexibility index (Phi) is 6.77. The van der Waals surface area contributed by atoms with E-state index in [4.69, 9.17) is 4.74 Å². The van der Waals surface area contributed by atoms with Gasteiger partial charge >= 0.3 is 0 Å². The third kappa shape index (κ3) is 5.53. The lowest BCUT2D eigenvalue weighted by Gasteiger charge is -2.34. The van der Waals surface area contributed by atoms with Gasteiger partial charge in [0.15, 0.2) is 12.9 Å². The Bertz CT molecular complexity index is 781. The van der Waals surface area contributed by atoms with Crippen molar-refractivity contribution in [1.29, 1.82) is 0 Å². The molecule has 0 radical (unpaired) electrons. The fourth-order valence-electron chi connectivity index (χ4n) is 3.02. The fraction of sp³-hybridized carbons (Fsp3) is 0.273. The second-order valence-corrected chi connectivity index (χ2v) is 6.44. The zero-order valence-corrected chi connectivity index (χ0v) is 15.3. The average Bonchev–Trinajstić information content (AvgIpc) is 2.73. The first-order valence-corrected chi connectivity index (χ1v) is 9.15. The average molecular weight is 364 g/mol. The number of amides is 1. The third-order valence-electron chi connectivity index (χ3n) is 4.60. The highest BCUT2D eigenvalue weighted by molar-refractivity contribution is 5.81. The number of hydrogen-bond acceptors (Lipinski definition) is 4. The number of hydrogen-bond donors (Lipinski definition) is 0. The molecule has 2 aromatic rings. The first kappa shape index (κ1) is 18.9. The molecule has 27 heavy (non-hydrogen) atoms. The Morgan fingerprint density at radius 3 is 2.41 bits per heavy atom. The zero-order chi connectivity index (χ0) is 18.9. The van der Waals surface area contributed by atoms with Crippen LogP contribution in [0.15, 0.2) is 60.7 Å². The topological polar surface area (TPSA) is 49.9 Å². The van der Waals surface area contributed by atoms with Gasteiger partial charge in [-0.3, -0.25) is 14.5 Å². The van der Waals surface area contributed by atoms with Crippen molar-refractivity contribution in [2.45, 2.75) is 0 Å². The molecule has 140 valence electrons. The van der Waals surface area contributed by atoms with Gasteiger partial charge in [-0.2, -0.15) is 0 Å². The summed E-state index contributed by atoms with van der Waals surface area (Å²) in [7, 11) is 0. The smallest absolute Gasteiger partial charge is 0.260 e. The maximum absolute atomic E-state index is 12.4. The van der Waals surface area contributed by atoms with Crippen LogP contribution >= 0.6 is 0 Å². The largest absolute Gasteiger partial charge is 0.483 e. The van der Waals surface area contributed by atoms with Crippen molar-refractivity contribution in [2.75, 3.05) is 39.3 Å². The van der Waals surface area contributed by atoms with E-state index in [1.165, 1.54) is 5.56 Å². The molecule has 2 aromatic carbocycles. The van der Waals surface area contributed by atoms with Gasteiger partial charge in [0.25, 0.3) is 5.91 Å². The zero-order valence-electron chi connectivity index (χ0n) is 15.3. The molecule has 0 aliphatic carbocycles. The van der Waals surface area contributed by atoms with Crippen LogP contribution in [0.2, 0.25) is 0 Å². The predicted octanol–water partition coefficient (Wildman–Crippen LogP) is 2.74. The lowest BCUT2D eigenvalue weighted by atomic mass is 10.2. The highest BCUT2D eigenvalue weighted by atomic mass is 16.5. The minimum atomic E-state index is -0.0461. The highest BCUT2D eigenvalue weighted by Gasteiger charge is 2.20. The SMILES string of the molecule is O=Cc1ccccc1OCC(=O)N1CCN(C/C=C/c2ccccc2)CC1. The van der Waals surface area contributed by atoms with E-state index in [9.17, 15) is 9.59 Å². The van der Waals surface area contributed by atoms with Crippen molar-refractivity contribution in [1.82, 2.24) is 9.80 Å². The monoisotopic (exact) mass is 364 g/mol. The van der Waals surface area contributed by atoms with E-state index in [2.05, 4.69) is 29.2 Å². The van der Waals surface area contributed by atoms with Crippen LogP contribution in [0.1, 0.15) is 15.9 Å². The molecule has 1 saturated heterocycles. The molecule has 1 amide bonds. The molecule has 0 spiro atoms. The van der Waals surface area contributed by atoms with Gasteiger partial charge in [-0.15, -0.1) is 0 Å². The number of nitrogens with zero attached hydrogens (tertiary/aromatic N) is 2. The van der Waals surface area contributed by atoms with Crippen LogP contribution < -0.4 is 4.74 Å². The number of aldehydes is 1. The summed E-state index contributed by atoms with van der Waals surface area (Å²) < 4.78 is 5.54. The number of carbonyl (C=O) groups excluding carboxylic acids is 2. The van der Waals surface area contributed by atoms with E-state index >= 15 is 0 Å². The van der Waals surface area contributed by atoms with Crippen molar-refractivity contribution >= 4 is 18.3 Å². The van der Waals surface area contributed by atoms with Crippen LogP contribution in [0.3, 0.4) is 0 Å². The summed E-state index contributed by atoms with van der Waals surface area (Å²) in [5, 5.41) is 0. The van der Waals surface area contributed by atoms with Crippen LogP contribution in [0.5, 0.6) is 5.75 Å². The molecule has 1 heterocycles. The van der Waals surface area contributed by atoms with Gasteiger partial charge in [0, 0.05) is 32.7 Å². The van der Waals surface area contributed by atoms with E-state index in [-0.39, 0.29) is 12.5 Å². The van der Waals surface area contributed by atoms with Crippen molar-refractivity contribution < 1.29 is 14.3 Å². The molecule has 5 heteroatoms. The fourth-order valence-corrected chi connectivity index (χ4v) is 3.02. The van der Waals surface area contributed by atoms with Crippen LogP contribution in [0.4, 0.5) is 0 Å². The van der Waals surface area contributed by atoms with Crippen LogP contribution in [0.25, 0.3) is 6.08 Å². The molecule has 1 aliphatic heterocycles. The highest BCUT2D eigenvalue weighted by Crippen LogP contribution is 2.15. The molecule has 0 saturated carbocycles. The molecule has 5 nitrogen and oxygen atoms in total. The molecule has 1 fully saturated rings. The minimum absolute atomic E-state index is 0.0429. The number of benzene rings is 2. The van der Waals surface area contributed by atoms with E-state index in [0.717, 1.165) is 25.9 Å². The molecular formula is C22H24N2O3. The second-order valence-electron chi connectivity index (χ2n) is 6.44. The maximum atomic E-state index is 12.4. The Balaban J connectivity index is 1.41. The molecular weight excluding hydrogens is 340 g/mol. The van der Waals surface area contributed by atoms with Gasteiger partial charge in [-0.25, -0.2) is 0 Å². The molecule has 3 rings (SSSR count). The standard InChI is InChI=1S/C22H24N2O3/c25-17-20-10-4-5-11-21(20)27-18-22(26)24-15-13-23(14-16-24)12-6-9-19-7-2-1-3-8-19/h1-11,17H,12-16,18H2/b9-6+. The first-order valence-electron chi connectivity index (χ1n) is 9.15. The van der Waals surface area contributed by atoms with Gasteiger partial charge in [0.2, 0.25) is 0 Å². The van der Waals surface area contributed by atoms with Gasteiger partial charge in [-0.05, 0) is 17.7 Å². The molecule has 0 aromatic heterocycles. The van der Waals surface area contributed by atoms with E-state index in [0.29, 0.717) is 24.4 Å². The Labute approximate surface area is 159 Å². The third-order valence-corrected chi connectivity index (χ3v) is 4.60. The van der Waals surface area contributed by atoms with E-state index in [1.54, 1.807) is 24.3 Å². The van der Waals surface area contributed by atoms with E-state index in [1.807, 2.05) is 23.1 Å². The van der Waals surface area contributed by atoms with Crippen molar-refractivity contribution in [3.63, 3.8) is 0 Å². The Hall–Kier alpha value is -2.92. The molecule has 0 atom stereocenters. The van der Waals surface area contributed by atoms with Gasteiger partial charge in [0.1, 0.15) is 5.75 Å². The number of ether oxygens (including phenoxy) is 1. The van der Waals surface area contributed by atoms with Crippen molar-refractivity contribution in [2.24, 2.45) is 0 Å². The summed E-state index contributed by atoms with van der Waals surface area (Å²) >= 11 is 0. The number of para-hydroxylation sites is 1. The summed E-state index contributed by atoms with van der Waals surface area (Å²) in [6.07, 6.45) is 5.02. The first-order chi connectivity index (χ1) is 13.3. The molecule has 0 bridgehead atoms. The van der Waals surface area contributed by atoms with Gasteiger partial charge in [-0.1, -0.05) is 54.6 Å². The number of rotatable bonds is 7. The number of piperazine rings is 1.